The third-order valence-corrected chi connectivity index (χ3v) is 4.27. The van der Waals surface area contributed by atoms with Crippen LogP contribution in [0.4, 0.5) is 4.39 Å². The van der Waals surface area contributed by atoms with E-state index in [2.05, 4.69) is 10.9 Å². The Labute approximate surface area is 156 Å². The minimum absolute atomic E-state index is 0.0357. The number of amides is 2. The zero-order valence-corrected chi connectivity index (χ0v) is 15.0. The molecule has 142 valence electrons. The maximum atomic E-state index is 13.5. The number of hydrogen-bond donors (Lipinski definition) is 2. The Morgan fingerprint density at radius 1 is 1.11 bits per heavy atom. The summed E-state index contributed by atoms with van der Waals surface area (Å²) in [7, 11) is 0. The number of nitrogens with one attached hydrogen (secondary N) is 2. The van der Waals surface area contributed by atoms with Crippen molar-refractivity contribution in [3.8, 4) is 11.5 Å². The van der Waals surface area contributed by atoms with Gasteiger partial charge in [0.1, 0.15) is 5.75 Å². The van der Waals surface area contributed by atoms with Crippen molar-refractivity contribution in [3.05, 3.63) is 59.4 Å². The molecule has 0 saturated carbocycles. The fourth-order valence-corrected chi connectivity index (χ4v) is 2.84. The molecule has 7 heteroatoms. The highest BCUT2D eigenvalue weighted by molar-refractivity contribution is 5.85. The van der Waals surface area contributed by atoms with E-state index in [0.717, 1.165) is 19.3 Å². The van der Waals surface area contributed by atoms with Crippen molar-refractivity contribution in [2.24, 2.45) is 0 Å². The van der Waals surface area contributed by atoms with Crippen molar-refractivity contribution in [3.63, 3.8) is 0 Å². The molecule has 0 saturated heterocycles. The number of carbonyl (C=O) groups is 2. The van der Waals surface area contributed by atoms with Crippen LogP contribution in [0.15, 0.2) is 42.5 Å². The van der Waals surface area contributed by atoms with Crippen molar-refractivity contribution in [1.82, 2.24) is 10.9 Å². The lowest BCUT2D eigenvalue weighted by atomic mass is 10.1. The van der Waals surface area contributed by atoms with Crippen LogP contribution >= 0.6 is 0 Å². The van der Waals surface area contributed by atoms with Crippen LogP contribution in [0, 0.1) is 5.82 Å². The summed E-state index contributed by atoms with van der Waals surface area (Å²) in [6.45, 7) is 1.22. The number of hydrogen-bond acceptors (Lipinski definition) is 4. The van der Waals surface area contributed by atoms with E-state index in [4.69, 9.17) is 9.47 Å². The van der Waals surface area contributed by atoms with E-state index in [9.17, 15) is 14.0 Å². The van der Waals surface area contributed by atoms with E-state index in [-0.39, 0.29) is 12.4 Å². The molecule has 0 fully saturated rings. The maximum absolute atomic E-state index is 13.5. The lowest BCUT2D eigenvalue weighted by molar-refractivity contribution is -0.133. The number of carbonyl (C=O) groups excluding carboxylic acids is 2. The average molecular weight is 372 g/mol. The molecule has 3 rings (SSSR count). The standard InChI is InChI=1S/C20H21FN2O4/c1-13(27-18-8-3-2-7-17(18)21)20(25)23-22-19(24)12-26-16-10-9-14-5-4-6-15(14)11-16/h2-3,7-11,13H,4-6,12H2,1H3,(H,22,24)(H,23,25)/t13-/m1/s1. The van der Waals surface area contributed by atoms with E-state index < -0.39 is 23.7 Å². The summed E-state index contributed by atoms with van der Waals surface area (Å²) in [6, 6.07) is 11.6. The van der Waals surface area contributed by atoms with Gasteiger partial charge in [-0.25, -0.2) is 4.39 Å². The monoisotopic (exact) mass is 372 g/mol. The number of fused-ring (bicyclic) bond motifs is 1. The molecule has 6 nitrogen and oxygen atoms in total. The third kappa shape index (κ3) is 4.97. The Morgan fingerprint density at radius 3 is 2.70 bits per heavy atom. The minimum Gasteiger partial charge on any atom is -0.484 e. The molecule has 27 heavy (non-hydrogen) atoms. The smallest absolute Gasteiger partial charge is 0.279 e. The van der Waals surface area contributed by atoms with Crippen molar-refractivity contribution in [2.45, 2.75) is 32.3 Å². The van der Waals surface area contributed by atoms with Gasteiger partial charge >= 0.3 is 0 Å². The molecule has 0 spiro atoms. The number of ether oxygens (including phenoxy) is 2. The highest BCUT2D eigenvalue weighted by Gasteiger charge is 2.17. The Hall–Kier alpha value is -3.09. The van der Waals surface area contributed by atoms with E-state index in [1.54, 1.807) is 6.07 Å². The number of rotatable bonds is 6. The Balaban J connectivity index is 1.42. The summed E-state index contributed by atoms with van der Waals surface area (Å²) >= 11 is 0. The van der Waals surface area contributed by atoms with E-state index in [0.29, 0.717) is 5.75 Å². The molecule has 0 aliphatic heterocycles. The topological polar surface area (TPSA) is 76.7 Å². The van der Waals surface area contributed by atoms with Gasteiger partial charge in [0.15, 0.2) is 24.3 Å². The first-order valence-electron chi connectivity index (χ1n) is 8.77. The quantitative estimate of drug-likeness (QED) is 0.763. The molecular formula is C20H21FN2O4. The maximum Gasteiger partial charge on any atom is 0.279 e. The highest BCUT2D eigenvalue weighted by Crippen LogP contribution is 2.25. The third-order valence-electron chi connectivity index (χ3n) is 4.27. The summed E-state index contributed by atoms with van der Waals surface area (Å²) in [5.74, 6) is -1.10. The van der Waals surface area contributed by atoms with Gasteiger partial charge in [0, 0.05) is 0 Å². The number of benzene rings is 2. The Kier molecular flexibility index (Phi) is 5.90. The van der Waals surface area contributed by atoms with Gasteiger partial charge in [-0.2, -0.15) is 0 Å². The predicted molar refractivity (Wildman–Crippen MR) is 96.7 cm³/mol. The molecule has 2 aromatic rings. The number of hydrazine groups is 1. The van der Waals surface area contributed by atoms with Crippen LogP contribution in [-0.4, -0.2) is 24.5 Å². The average Bonchev–Trinajstić information content (AvgIpc) is 3.14. The molecule has 1 aliphatic carbocycles. The van der Waals surface area contributed by atoms with Gasteiger partial charge in [-0.1, -0.05) is 18.2 Å². The molecule has 2 N–H and O–H groups in total. The summed E-state index contributed by atoms with van der Waals surface area (Å²) in [4.78, 5) is 23.8. The molecule has 0 bridgehead atoms. The second kappa shape index (κ2) is 8.53. The first-order chi connectivity index (χ1) is 13.0. The summed E-state index contributed by atoms with van der Waals surface area (Å²) in [5.41, 5.74) is 7.06. The van der Waals surface area contributed by atoms with Gasteiger partial charge in [-0.15, -0.1) is 0 Å². The molecule has 0 aromatic heterocycles. The van der Waals surface area contributed by atoms with Crippen LogP contribution < -0.4 is 20.3 Å². The van der Waals surface area contributed by atoms with Crippen LogP contribution in [0.3, 0.4) is 0 Å². The Bertz CT molecular complexity index is 840. The second-order valence-corrected chi connectivity index (χ2v) is 6.30. The molecule has 1 atom stereocenters. The Morgan fingerprint density at radius 2 is 1.89 bits per heavy atom. The number of halogens is 1. The highest BCUT2D eigenvalue weighted by atomic mass is 19.1. The molecule has 2 amide bonds. The summed E-state index contributed by atoms with van der Waals surface area (Å²) in [6.07, 6.45) is 2.25. The van der Waals surface area contributed by atoms with E-state index in [1.807, 2.05) is 18.2 Å². The van der Waals surface area contributed by atoms with E-state index >= 15 is 0 Å². The van der Waals surface area contributed by atoms with Crippen LogP contribution in [-0.2, 0) is 22.4 Å². The normalized spacial score (nSPS) is 13.4. The van der Waals surface area contributed by atoms with Crippen molar-refractivity contribution in [1.29, 1.82) is 0 Å². The minimum atomic E-state index is -0.986. The molecule has 0 unspecified atom stereocenters. The fourth-order valence-electron chi connectivity index (χ4n) is 2.84. The van der Waals surface area contributed by atoms with Crippen LogP contribution in [0.1, 0.15) is 24.5 Å². The van der Waals surface area contributed by atoms with Crippen molar-refractivity contribution < 1.29 is 23.5 Å². The lowest BCUT2D eigenvalue weighted by Crippen LogP contribution is -2.48. The van der Waals surface area contributed by atoms with Gasteiger partial charge in [0.05, 0.1) is 0 Å². The largest absolute Gasteiger partial charge is 0.484 e. The molecule has 1 aliphatic rings. The van der Waals surface area contributed by atoms with Gasteiger partial charge in [-0.3, -0.25) is 20.4 Å². The van der Waals surface area contributed by atoms with Gasteiger partial charge in [-0.05, 0) is 61.6 Å². The zero-order valence-electron chi connectivity index (χ0n) is 15.0. The predicted octanol–water partition coefficient (Wildman–Crippen LogP) is 2.31. The SMILES string of the molecule is C[C@@H](Oc1ccccc1F)C(=O)NNC(=O)COc1ccc2c(c1)CCC2. The first kappa shape index (κ1) is 18.7. The summed E-state index contributed by atoms with van der Waals surface area (Å²) < 4.78 is 24.2. The molecular weight excluding hydrogens is 351 g/mol. The van der Waals surface area contributed by atoms with Crippen LogP contribution in [0.25, 0.3) is 0 Å². The van der Waals surface area contributed by atoms with Crippen molar-refractivity contribution >= 4 is 11.8 Å². The zero-order chi connectivity index (χ0) is 19.2. The van der Waals surface area contributed by atoms with Crippen molar-refractivity contribution in [2.75, 3.05) is 6.61 Å². The fraction of sp³-hybridized carbons (Fsp3) is 0.300. The first-order valence-corrected chi connectivity index (χ1v) is 8.77. The number of para-hydroxylation sites is 1. The van der Waals surface area contributed by atoms with Crippen LogP contribution in [0.2, 0.25) is 0 Å². The van der Waals surface area contributed by atoms with Gasteiger partial charge in [0.25, 0.3) is 11.8 Å². The second-order valence-electron chi connectivity index (χ2n) is 6.30. The van der Waals surface area contributed by atoms with Crippen LogP contribution in [0.5, 0.6) is 11.5 Å². The van der Waals surface area contributed by atoms with Gasteiger partial charge in [0.2, 0.25) is 0 Å². The summed E-state index contributed by atoms with van der Waals surface area (Å²) in [5, 5.41) is 0. The molecule has 0 heterocycles. The molecule has 0 radical (unpaired) electrons. The van der Waals surface area contributed by atoms with E-state index in [1.165, 1.54) is 36.2 Å². The lowest BCUT2D eigenvalue weighted by Gasteiger charge is -2.15. The molecule has 2 aromatic carbocycles. The van der Waals surface area contributed by atoms with Gasteiger partial charge < -0.3 is 9.47 Å². The number of aryl methyl sites for hydroxylation is 2.